The molecular formula is C10H18N4O2S. The van der Waals surface area contributed by atoms with Crippen LogP contribution in [-0.2, 0) is 16.1 Å². The van der Waals surface area contributed by atoms with E-state index in [-0.39, 0.29) is 11.8 Å². The zero-order valence-corrected chi connectivity index (χ0v) is 11.1. The molecule has 0 unspecified atom stereocenters. The first-order valence-corrected chi connectivity index (χ1v) is 6.24. The minimum absolute atomic E-state index is 0.0184. The zero-order chi connectivity index (χ0) is 12.7. The Labute approximate surface area is 105 Å². The van der Waals surface area contributed by atoms with Gasteiger partial charge in [0.1, 0.15) is 6.61 Å². The smallest absolute Gasteiger partial charge is 0.222 e. The molecule has 17 heavy (non-hydrogen) atoms. The van der Waals surface area contributed by atoms with Gasteiger partial charge in [0.25, 0.3) is 0 Å². The Kier molecular flexibility index (Phi) is 5.85. The molecule has 0 saturated heterocycles. The molecule has 2 N–H and O–H groups in total. The van der Waals surface area contributed by atoms with E-state index in [9.17, 15) is 4.79 Å². The molecule has 0 aliphatic rings. The minimum Gasteiger partial charge on any atom is -0.377 e. The van der Waals surface area contributed by atoms with Crippen molar-refractivity contribution in [1.29, 1.82) is 0 Å². The summed E-state index contributed by atoms with van der Waals surface area (Å²) in [5, 5.41) is 6.65. The first kappa shape index (κ1) is 13.9. The average Bonchev–Trinajstić information content (AvgIpc) is 2.72. The molecule has 0 fully saturated rings. The predicted molar refractivity (Wildman–Crippen MR) is 67.0 cm³/mol. The maximum atomic E-state index is 11.3. The number of hydrogen-bond acceptors (Lipinski definition) is 6. The number of amides is 1. The van der Waals surface area contributed by atoms with Crippen LogP contribution >= 0.6 is 11.5 Å². The summed E-state index contributed by atoms with van der Waals surface area (Å²) in [5.74, 6) is 0.750. The molecule has 0 aromatic carbocycles. The fourth-order valence-electron chi connectivity index (χ4n) is 1.07. The molecule has 0 spiro atoms. The van der Waals surface area contributed by atoms with Crippen LogP contribution in [0.25, 0.3) is 0 Å². The Balaban J connectivity index is 2.19. The van der Waals surface area contributed by atoms with Gasteiger partial charge in [0, 0.05) is 37.6 Å². The number of carbonyl (C=O) groups excluding carboxylic acids is 1. The highest BCUT2D eigenvalue weighted by molar-refractivity contribution is 7.09. The predicted octanol–water partition coefficient (Wildman–Crippen LogP) is 0.869. The van der Waals surface area contributed by atoms with Crippen molar-refractivity contribution in [3.05, 3.63) is 5.82 Å². The summed E-state index contributed by atoms with van der Waals surface area (Å²) in [6.45, 7) is 5.37. The van der Waals surface area contributed by atoms with E-state index < -0.39 is 0 Å². The molecule has 0 bridgehead atoms. The van der Waals surface area contributed by atoms with E-state index in [0.717, 1.165) is 5.13 Å². The SMILES string of the molecule is COCc1nsc(NCCNC(=O)C(C)C)n1. The van der Waals surface area contributed by atoms with E-state index >= 15 is 0 Å². The molecular weight excluding hydrogens is 240 g/mol. The fourth-order valence-corrected chi connectivity index (χ4v) is 1.67. The van der Waals surface area contributed by atoms with Gasteiger partial charge < -0.3 is 15.4 Å². The number of ether oxygens (including phenoxy) is 1. The molecule has 0 aliphatic heterocycles. The first-order valence-electron chi connectivity index (χ1n) is 5.46. The highest BCUT2D eigenvalue weighted by Crippen LogP contribution is 2.10. The number of hydrogen-bond donors (Lipinski definition) is 2. The molecule has 0 radical (unpaired) electrons. The van der Waals surface area contributed by atoms with Gasteiger partial charge in [-0.2, -0.15) is 4.37 Å². The van der Waals surface area contributed by atoms with Crippen LogP contribution in [0.5, 0.6) is 0 Å². The Bertz CT molecular complexity index is 354. The molecule has 1 amide bonds. The minimum atomic E-state index is 0.0184. The Morgan fingerprint density at radius 1 is 1.47 bits per heavy atom. The molecule has 0 aliphatic carbocycles. The molecule has 0 saturated carbocycles. The Morgan fingerprint density at radius 3 is 2.88 bits per heavy atom. The van der Waals surface area contributed by atoms with Crippen LogP contribution in [0, 0.1) is 5.92 Å². The van der Waals surface area contributed by atoms with Crippen molar-refractivity contribution in [2.45, 2.75) is 20.5 Å². The van der Waals surface area contributed by atoms with Crippen molar-refractivity contribution in [2.24, 2.45) is 5.92 Å². The number of aromatic nitrogens is 2. The standard InChI is InChI=1S/C10H18N4O2S/c1-7(2)9(15)11-4-5-12-10-13-8(6-16-3)14-17-10/h7H,4-6H2,1-3H3,(H,11,15)(H,12,13,14). The molecule has 0 atom stereocenters. The third-order valence-corrected chi connectivity index (χ3v) is 2.68. The summed E-state index contributed by atoms with van der Waals surface area (Å²) in [5.41, 5.74) is 0. The highest BCUT2D eigenvalue weighted by atomic mass is 32.1. The van der Waals surface area contributed by atoms with Gasteiger partial charge in [0.05, 0.1) is 0 Å². The van der Waals surface area contributed by atoms with Crippen LogP contribution in [-0.4, -0.2) is 35.5 Å². The van der Waals surface area contributed by atoms with Crippen molar-refractivity contribution in [3.63, 3.8) is 0 Å². The lowest BCUT2D eigenvalue weighted by molar-refractivity contribution is -0.123. The van der Waals surface area contributed by atoms with Gasteiger partial charge in [-0.15, -0.1) is 0 Å². The van der Waals surface area contributed by atoms with Crippen molar-refractivity contribution in [2.75, 3.05) is 25.5 Å². The topological polar surface area (TPSA) is 76.1 Å². The monoisotopic (exact) mass is 258 g/mol. The van der Waals surface area contributed by atoms with E-state index in [1.165, 1.54) is 11.5 Å². The first-order chi connectivity index (χ1) is 8.13. The second-order valence-electron chi connectivity index (χ2n) is 3.82. The number of carbonyl (C=O) groups is 1. The largest absolute Gasteiger partial charge is 0.377 e. The second-order valence-corrected chi connectivity index (χ2v) is 4.57. The summed E-state index contributed by atoms with van der Waals surface area (Å²) in [6, 6.07) is 0. The summed E-state index contributed by atoms with van der Waals surface area (Å²) in [4.78, 5) is 15.5. The van der Waals surface area contributed by atoms with Gasteiger partial charge in [-0.05, 0) is 0 Å². The number of nitrogens with zero attached hydrogens (tertiary/aromatic N) is 2. The average molecular weight is 258 g/mol. The highest BCUT2D eigenvalue weighted by Gasteiger charge is 2.06. The van der Waals surface area contributed by atoms with Crippen LogP contribution in [0.1, 0.15) is 19.7 Å². The van der Waals surface area contributed by atoms with Gasteiger partial charge in [0.2, 0.25) is 11.0 Å². The Hall–Kier alpha value is -1.21. The second kappa shape index (κ2) is 7.18. The van der Waals surface area contributed by atoms with Crippen LogP contribution in [0.4, 0.5) is 5.13 Å². The van der Waals surface area contributed by atoms with Crippen LogP contribution in [0.2, 0.25) is 0 Å². The van der Waals surface area contributed by atoms with Crippen LogP contribution in [0.15, 0.2) is 0 Å². The maximum Gasteiger partial charge on any atom is 0.222 e. The lowest BCUT2D eigenvalue weighted by Gasteiger charge is -2.07. The number of methoxy groups -OCH3 is 1. The fraction of sp³-hybridized carbons (Fsp3) is 0.700. The van der Waals surface area contributed by atoms with Gasteiger partial charge >= 0.3 is 0 Å². The van der Waals surface area contributed by atoms with Crippen molar-refractivity contribution in [3.8, 4) is 0 Å². The number of nitrogens with one attached hydrogen (secondary N) is 2. The van der Waals surface area contributed by atoms with Crippen molar-refractivity contribution >= 4 is 22.6 Å². The lowest BCUT2D eigenvalue weighted by Crippen LogP contribution is -2.31. The zero-order valence-electron chi connectivity index (χ0n) is 10.3. The summed E-state index contributed by atoms with van der Waals surface area (Å²) in [6.07, 6.45) is 0. The van der Waals surface area contributed by atoms with E-state index in [2.05, 4.69) is 20.0 Å². The Morgan fingerprint density at radius 2 is 2.24 bits per heavy atom. The normalized spacial score (nSPS) is 10.6. The van der Waals surface area contributed by atoms with Gasteiger partial charge in [-0.25, -0.2) is 4.98 Å². The van der Waals surface area contributed by atoms with Crippen molar-refractivity contribution < 1.29 is 9.53 Å². The van der Waals surface area contributed by atoms with E-state index in [1.54, 1.807) is 7.11 Å². The summed E-state index contributed by atoms with van der Waals surface area (Å²) >= 11 is 1.29. The summed E-state index contributed by atoms with van der Waals surface area (Å²) < 4.78 is 9.03. The molecule has 1 aromatic heterocycles. The molecule has 7 heteroatoms. The molecule has 1 aromatic rings. The maximum absolute atomic E-state index is 11.3. The quantitative estimate of drug-likeness (QED) is 0.710. The van der Waals surface area contributed by atoms with E-state index in [4.69, 9.17) is 4.74 Å². The van der Waals surface area contributed by atoms with E-state index in [0.29, 0.717) is 25.5 Å². The van der Waals surface area contributed by atoms with Gasteiger partial charge in [-0.1, -0.05) is 13.8 Å². The van der Waals surface area contributed by atoms with Gasteiger partial charge in [-0.3, -0.25) is 4.79 Å². The van der Waals surface area contributed by atoms with E-state index in [1.807, 2.05) is 13.8 Å². The number of rotatable bonds is 7. The lowest BCUT2D eigenvalue weighted by atomic mass is 10.2. The van der Waals surface area contributed by atoms with Crippen LogP contribution in [0.3, 0.4) is 0 Å². The molecule has 6 nitrogen and oxygen atoms in total. The number of anilines is 1. The van der Waals surface area contributed by atoms with Crippen LogP contribution < -0.4 is 10.6 Å². The van der Waals surface area contributed by atoms with Gasteiger partial charge in [0.15, 0.2) is 5.82 Å². The summed E-state index contributed by atoms with van der Waals surface area (Å²) in [7, 11) is 1.61. The third kappa shape index (κ3) is 5.10. The third-order valence-electron chi connectivity index (χ3n) is 1.97. The van der Waals surface area contributed by atoms with Crippen molar-refractivity contribution in [1.82, 2.24) is 14.7 Å². The molecule has 1 heterocycles. The molecule has 96 valence electrons. The molecule has 1 rings (SSSR count).